The second-order valence-corrected chi connectivity index (χ2v) is 3.16. The fourth-order valence-corrected chi connectivity index (χ4v) is 1.16. The smallest absolute Gasteiger partial charge is 0.410 e. The summed E-state index contributed by atoms with van der Waals surface area (Å²) in [5, 5.41) is 12.7. The average Bonchev–Trinajstić information content (AvgIpc) is 2.21. The zero-order valence-electron chi connectivity index (χ0n) is 7.48. The number of amides is 1. The largest absolute Gasteiger partial charge is 0.412 e. The van der Waals surface area contributed by atoms with Crippen molar-refractivity contribution in [2.45, 2.75) is 4.90 Å². The molecule has 1 N–H and O–H groups in total. The van der Waals surface area contributed by atoms with E-state index in [9.17, 15) is 4.79 Å². The van der Waals surface area contributed by atoms with Crippen LogP contribution in [0.1, 0.15) is 0 Å². The molecule has 0 aromatic heterocycles. The standard InChI is InChI=1S/C9H8N2O2S/c1-11-9(12)13-7-2-4-8(5-3-7)14-6-10/h2-5H,1H3,(H,11,12). The molecule has 4 nitrogen and oxygen atoms in total. The van der Waals surface area contributed by atoms with Crippen LogP contribution in [0.4, 0.5) is 4.79 Å². The number of nitrogens with zero attached hydrogens (tertiary/aromatic N) is 1. The van der Waals surface area contributed by atoms with Gasteiger partial charge < -0.3 is 10.1 Å². The van der Waals surface area contributed by atoms with Gasteiger partial charge in [0, 0.05) is 11.9 Å². The van der Waals surface area contributed by atoms with Gasteiger partial charge in [0.2, 0.25) is 0 Å². The lowest BCUT2D eigenvalue weighted by Crippen LogP contribution is -2.21. The van der Waals surface area contributed by atoms with Crippen molar-refractivity contribution in [3.05, 3.63) is 24.3 Å². The number of rotatable bonds is 2. The second kappa shape index (κ2) is 5.14. The molecule has 0 unspecified atom stereocenters. The highest BCUT2D eigenvalue weighted by Crippen LogP contribution is 2.20. The van der Waals surface area contributed by atoms with Crippen molar-refractivity contribution < 1.29 is 9.53 Å². The molecule has 0 aliphatic carbocycles. The first kappa shape index (κ1) is 10.4. The molecule has 0 bridgehead atoms. The molecule has 0 heterocycles. The van der Waals surface area contributed by atoms with Crippen LogP contribution in [0.25, 0.3) is 0 Å². The monoisotopic (exact) mass is 208 g/mol. The van der Waals surface area contributed by atoms with E-state index in [2.05, 4.69) is 5.32 Å². The highest BCUT2D eigenvalue weighted by molar-refractivity contribution is 8.03. The van der Waals surface area contributed by atoms with Crippen LogP contribution in [0.15, 0.2) is 29.2 Å². The van der Waals surface area contributed by atoms with Crippen molar-refractivity contribution in [1.29, 1.82) is 5.26 Å². The van der Waals surface area contributed by atoms with E-state index in [1.54, 1.807) is 24.3 Å². The van der Waals surface area contributed by atoms with Crippen molar-refractivity contribution in [3.8, 4) is 11.2 Å². The van der Waals surface area contributed by atoms with Crippen LogP contribution >= 0.6 is 11.8 Å². The van der Waals surface area contributed by atoms with E-state index in [0.29, 0.717) is 5.75 Å². The molecule has 0 atom stereocenters. The summed E-state index contributed by atoms with van der Waals surface area (Å²) in [6.45, 7) is 0. The van der Waals surface area contributed by atoms with Gasteiger partial charge in [-0.25, -0.2) is 4.79 Å². The summed E-state index contributed by atoms with van der Waals surface area (Å²) in [5.74, 6) is 0.451. The van der Waals surface area contributed by atoms with Gasteiger partial charge in [0.05, 0.1) is 0 Å². The molecule has 0 radical (unpaired) electrons. The van der Waals surface area contributed by atoms with Crippen LogP contribution in [-0.2, 0) is 0 Å². The summed E-state index contributed by atoms with van der Waals surface area (Å²) < 4.78 is 4.85. The lowest BCUT2D eigenvalue weighted by atomic mass is 10.3. The topological polar surface area (TPSA) is 62.1 Å². The lowest BCUT2D eigenvalue weighted by Gasteiger charge is -2.02. The third kappa shape index (κ3) is 2.99. The predicted molar refractivity (Wildman–Crippen MR) is 53.0 cm³/mol. The number of hydrogen-bond donors (Lipinski definition) is 1. The first-order valence-corrected chi connectivity index (χ1v) is 4.63. The Labute approximate surface area is 85.9 Å². The molecule has 0 saturated carbocycles. The minimum Gasteiger partial charge on any atom is -0.410 e. The lowest BCUT2D eigenvalue weighted by molar-refractivity contribution is 0.203. The molecule has 0 aliphatic rings. The highest BCUT2D eigenvalue weighted by Gasteiger charge is 2.00. The molecule has 1 rings (SSSR count). The first-order chi connectivity index (χ1) is 6.76. The molecule has 14 heavy (non-hydrogen) atoms. The maximum Gasteiger partial charge on any atom is 0.412 e. The van der Waals surface area contributed by atoms with E-state index in [-0.39, 0.29) is 0 Å². The minimum atomic E-state index is -0.509. The summed E-state index contributed by atoms with van der Waals surface area (Å²) in [7, 11) is 1.49. The molecular formula is C9H8N2O2S. The summed E-state index contributed by atoms with van der Waals surface area (Å²) in [6, 6.07) is 6.70. The van der Waals surface area contributed by atoms with Gasteiger partial charge in [-0.3, -0.25) is 0 Å². The van der Waals surface area contributed by atoms with E-state index in [1.165, 1.54) is 7.05 Å². The van der Waals surface area contributed by atoms with Crippen LogP contribution in [0.5, 0.6) is 5.75 Å². The molecule has 1 aromatic rings. The summed E-state index contributed by atoms with van der Waals surface area (Å²) in [4.78, 5) is 11.6. The number of hydrogen-bond acceptors (Lipinski definition) is 4. The van der Waals surface area contributed by atoms with Crippen molar-refractivity contribution in [2.75, 3.05) is 7.05 Å². The predicted octanol–water partition coefficient (Wildman–Crippen LogP) is 1.98. The zero-order chi connectivity index (χ0) is 10.4. The van der Waals surface area contributed by atoms with Crippen molar-refractivity contribution in [3.63, 3.8) is 0 Å². The summed E-state index contributed by atoms with van der Waals surface area (Å²) >= 11 is 1.06. The summed E-state index contributed by atoms with van der Waals surface area (Å²) in [5.41, 5.74) is 0. The van der Waals surface area contributed by atoms with Crippen LogP contribution in [-0.4, -0.2) is 13.1 Å². The zero-order valence-corrected chi connectivity index (χ0v) is 8.30. The van der Waals surface area contributed by atoms with Gasteiger partial charge in [-0.15, -0.1) is 0 Å². The Morgan fingerprint density at radius 2 is 2.14 bits per heavy atom. The van der Waals surface area contributed by atoms with Gasteiger partial charge in [0.25, 0.3) is 0 Å². The maximum absolute atomic E-state index is 10.8. The second-order valence-electron chi connectivity index (χ2n) is 2.30. The Balaban J connectivity index is 2.65. The maximum atomic E-state index is 10.8. The molecule has 72 valence electrons. The number of thiocyanates is 1. The Kier molecular flexibility index (Phi) is 3.83. The SMILES string of the molecule is CNC(=O)Oc1ccc(SC#N)cc1. The molecule has 0 fully saturated rings. The van der Waals surface area contributed by atoms with Crippen LogP contribution in [0.2, 0.25) is 0 Å². The van der Waals surface area contributed by atoms with Gasteiger partial charge in [0.1, 0.15) is 11.2 Å². The fraction of sp³-hybridized carbons (Fsp3) is 0.111. The van der Waals surface area contributed by atoms with Crippen LogP contribution in [0.3, 0.4) is 0 Å². The Morgan fingerprint density at radius 3 is 2.64 bits per heavy atom. The Hall–Kier alpha value is -1.67. The van der Waals surface area contributed by atoms with E-state index < -0.39 is 6.09 Å². The number of carbonyl (C=O) groups is 1. The third-order valence-corrected chi connectivity index (χ3v) is 2.00. The Morgan fingerprint density at radius 1 is 1.50 bits per heavy atom. The summed E-state index contributed by atoms with van der Waals surface area (Å²) in [6.07, 6.45) is -0.509. The normalized spacial score (nSPS) is 8.86. The average molecular weight is 208 g/mol. The number of benzene rings is 1. The van der Waals surface area contributed by atoms with Crippen LogP contribution in [0, 0.1) is 10.7 Å². The number of thioether (sulfide) groups is 1. The first-order valence-electron chi connectivity index (χ1n) is 3.82. The van der Waals surface area contributed by atoms with Gasteiger partial charge in [-0.05, 0) is 36.0 Å². The minimum absolute atomic E-state index is 0.451. The number of nitrogens with one attached hydrogen (secondary N) is 1. The fourth-order valence-electron chi connectivity index (χ4n) is 0.787. The number of nitriles is 1. The molecule has 0 saturated heterocycles. The highest BCUT2D eigenvalue weighted by atomic mass is 32.2. The molecule has 0 spiro atoms. The third-order valence-electron chi connectivity index (χ3n) is 1.40. The molecule has 1 aromatic carbocycles. The van der Waals surface area contributed by atoms with E-state index >= 15 is 0 Å². The number of carbonyl (C=O) groups excluding carboxylic acids is 1. The quantitative estimate of drug-likeness (QED) is 0.596. The Bertz CT molecular complexity index is 356. The van der Waals surface area contributed by atoms with Crippen molar-refractivity contribution in [1.82, 2.24) is 5.32 Å². The molecular weight excluding hydrogens is 200 g/mol. The van der Waals surface area contributed by atoms with Gasteiger partial charge in [-0.2, -0.15) is 5.26 Å². The number of ether oxygens (including phenoxy) is 1. The van der Waals surface area contributed by atoms with Gasteiger partial charge in [-0.1, -0.05) is 0 Å². The molecule has 0 aliphatic heterocycles. The van der Waals surface area contributed by atoms with Crippen molar-refractivity contribution in [2.24, 2.45) is 0 Å². The molecule has 5 heteroatoms. The van der Waals surface area contributed by atoms with E-state index in [1.807, 2.05) is 5.40 Å². The van der Waals surface area contributed by atoms with E-state index in [4.69, 9.17) is 10.00 Å². The molecule has 1 amide bonds. The van der Waals surface area contributed by atoms with Gasteiger partial charge >= 0.3 is 6.09 Å². The van der Waals surface area contributed by atoms with Crippen molar-refractivity contribution >= 4 is 17.9 Å². The van der Waals surface area contributed by atoms with Gasteiger partial charge in [0.15, 0.2) is 0 Å². The van der Waals surface area contributed by atoms with E-state index in [0.717, 1.165) is 16.7 Å². The van der Waals surface area contributed by atoms with Crippen LogP contribution < -0.4 is 10.1 Å².